The van der Waals surface area contributed by atoms with Gasteiger partial charge in [-0.15, -0.1) is 5.11 Å². The molecule has 0 spiro atoms. The molecule has 13 heavy (non-hydrogen) atoms. The van der Waals surface area contributed by atoms with Gasteiger partial charge in [-0.05, 0) is 12.1 Å². The fourth-order valence-corrected chi connectivity index (χ4v) is 0.812. The lowest BCUT2D eigenvalue weighted by Crippen LogP contribution is -2.14. The van der Waals surface area contributed by atoms with E-state index in [0.717, 1.165) is 5.69 Å². The molecule has 70 valence electrons. The Morgan fingerprint density at radius 3 is 2.62 bits per heavy atom. The molecule has 0 heterocycles. The molecule has 4 heteroatoms. The maximum Gasteiger partial charge on any atom is 0.0874 e. The van der Waals surface area contributed by atoms with E-state index in [-0.39, 0.29) is 6.61 Å². The van der Waals surface area contributed by atoms with Crippen LogP contribution >= 0.6 is 0 Å². The van der Waals surface area contributed by atoms with E-state index in [4.69, 9.17) is 5.11 Å². The maximum absolute atomic E-state index is 8.59. The molecule has 0 amide bonds. The molecule has 0 aliphatic heterocycles. The van der Waals surface area contributed by atoms with E-state index in [1.165, 1.54) is 0 Å². The number of likely N-dealkylation sites (N-methyl/N-ethyl adjacent to an activating group) is 1. The van der Waals surface area contributed by atoms with Gasteiger partial charge in [0.05, 0.1) is 18.8 Å². The molecule has 0 bridgehead atoms. The first-order valence-corrected chi connectivity index (χ1v) is 4.11. The summed E-state index contributed by atoms with van der Waals surface area (Å²) >= 11 is 0. The summed E-state index contributed by atoms with van der Waals surface area (Å²) in [5.41, 5.74) is 0.812. The Hall–Kier alpha value is -1.42. The van der Waals surface area contributed by atoms with Crippen molar-refractivity contribution in [2.24, 2.45) is 10.3 Å². The molecule has 0 aliphatic carbocycles. The number of aliphatic hydroxyl groups is 1. The minimum atomic E-state index is 0.0876. The number of aliphatic hydroxyl groups excluding tert-OH is 1. The van der Waals surface area contributed by atoms with E-state index >= 15 is 0 Å². The quantitative estimate of drug-likeness (QED) is 0.564. The highest BCUT2D eigenvalue weighted by Gasteiger charge is 1.90. The summed E-state index contributed by atoms with van der Waals surface area (Å²) in [6, 6.07) is 9.48. The van der Waals surface area contributed by atoms with E-state index in [1.54, 1.807) is 12.1 Å². The average Bonchev–Trinajstić information content (AvgIpc) is 2.17. The zero-order chi connectivity index (χ0) is 9.52. The highest BCUT2D eigenvalue weighted by atomic mass is 16.3. The highest BCUT2D eigenvalue weighted by Crippen LogP contribution is 2.10. The molecule has 0 unspecified atom stereocenters. The van der Waals surface area contributed by atoms with Gasteiger partial charge in [0.1, 0.15) is 0 Å². The van der Waals surface area contributed by atoms with E-state index in [9.17, 15) is 0 Å². The Morgan fingerprint density at radius 1 is 1.31 bits per heavy atom. The summed E-state index contributed by atoms with van der Waals surface area (Å²) in [7, 11) is 1.77. The lowest BCUT2D eigenvalue weighted by molar-refractivity contribution is 0.219. The van der Waals surface area contributed by atoms with Crippen LogP contribution in [0, 0.1) is 0 Å². The molecular formula is C9H13N3O. The van der Waals surface area contributed by atoms with Crippen molar-refractivity contribution in [3.63, 3.8) is 0 Å². The van der Waals surface area contributed by atoms with Gasteiger partial charge in [0.2, 0.25) is 0 Å². The standard InChI is InChI=1S/C9H13N3O/c1-12(7-8-13)11-10-9-5-3-2-4-6-9/h2-6,13H,7-8H2,1H3/b11-10+. The minimum absolute atomic E-state index is 0.0876. The third-order valence-electron chi connectivity index (χ3n) is 1.49. The fourth-order valence-electron chi connectivity index (χ4n) is 0.812. The number of nitrogens with zero attached hydrogens (tertiary/aromatic N) is 3. The molecule has 4 nitrogen and oxygen atoms in total. The van der Waals surface area contributed by atoms with Gasteiger partial charge in [-0.25, -0.2) is 0 Å². The Bertz CT molecular complexity index is 261. The minimum Gasteiger partial charge on any atom is -0.394 e. The molecule has 0 atom stereocenters. The lowest BCUT2D eigenvalue weighted by Gasteiger charge is -2.07. The van der Waals surface area contributed by atoms with E-state index in [2.05, 4.69) is 10.3 Å². The molecule has 0 radical (unpaired) electrons. The topological polar surface area (TPSA) is 48.2 Å². The molecule has 0 saturated carbocycles. The van der Waals surface area contributed by atoms with Gasteiger partial charge in [-0.2, -0.15) is 0 Å². The van der Waals surface area contributed by atoms with Crippen LogP contribution in [0.4, 0.5) is 5.69 Å². The molecule has 0 aliphatic rings. The maximum atomic E-state index is 8.59. The van der Waals surface area contributed by atoms with Crippen LogP contribution in [0.2, 0.25) is 0 Å². The fraction of sp³-hybridized carbons (Fsp3) is 0.333. The zero-order valence-corrected chi connectivity index (χ0v) is 7.59. The first kappa shape index (κ1) is 9.67. The first-order chi connectivity index (χ1) is 6.33. The summed E-state index contributed by atoms with van der Waals surface area (Å²) in [5.74, 6) is 0. The van der Waals surface area contributed by atoms with Gasteiger partial charge < -0.3 is 5.11 Å². The first-order valence-electron chi connectivity index (χ1n) is 4.11. The number of benzene rings is 1. The summed E-state index contributed by atoms with van der Waals surface area (Å²) in [6.07, 6.45) is 0. The van der Waals surface area contributed by atoms with Crippen LogP contribution in [0.15, 0.2) is 40.7 Å². The second-order valence-corrected chi connectivity index (χ2v) is 2.63. The van der Waals surface area contributed by atoms with Crippen molar-refractivity contribution in [3.05, 3.63) is 30.3 Å². The normalized spacial score (nSPS) is 10.6. The van der Waals surface area contributed by atoms with Crippen molar-refractivity contribution in [3.8, 4) is 0 Å². The van der Waals surface area contributed by atoms with Gasteiger partial charge in [0, 0.05) is 7.05 Å². The van der Waals surface area contributed by atoms with Gasteiger partial charge >= 0.3 is 0 Å². The van der Waals surface area contributed by atoms with E-state index < -0.39 is 0 Å². The molecule has 0 aromatic heterocycles. The average molecular weight is 179 g/mol. The SMILES string of the molecule is CN(CCO)/N=N/c1ccccc1. The van der Waals surface area contributed by atoms with Crippen LogP contribution in [0.25, 0.3) is 0 Å². The second kappa shape index (κ2) is 5.27. The monoisotopic (exact) mass is 179 g/mol. The van der Waals surface area contributed by atoms with Crippen molar-refractivity contribution in [2.75, 3.05) is 20.2 Å². The van der Waals surface area contributed by atoms with Crippen LogP contribution in [-0.2, 0) is 0 Å². The van der Waals surface area contributed by atoms with Gasteiger partial charge in [-0.1, -0.05) is 23.4 Å². The molecule has 1 rings (SSSR count). The predicted molar refractivity (Wildman–Crippen MR) is 50.7 cm³/mol. The van der Waals surface area contributed by atoms with Crippen LogP contribution < -0.4 is 0 Å². The summed E-state index contributed by atoms with van der Waals surface area (Å²) in [4.78, 5) is 0. The van der Waals surface area contributed by atoms with Crippen molar-refractivity contribution in [2.45, 2.75) is 0 Å². The van der Waals surface area contributed by atoms with Crippen LogP contribution in [-0.4, -0.2) is 30.3 Å². The Labute approximate surface area is 77.5 Å². The molecule has 1 N–H and O–H groups in total. The number of hydrogen-bond donors (Lipinski definition) is 1. The smallest absolute Gasteiger partial charge is 0.0874 e. The third-order valence-corrected chi connectivity index (χ3v) is 1.49. The molecule has 1 aromatic carbocycles. The van der Waals surface area contributed by atoms with Gasteiger partial charge in [-0.3, -0.25) is 5.01 Å². The largest absolute Gasteiger partial charge is 0.394 e. The zero-order valence-electron chi connectivity index (χ0n) is 7.59. The number of rotatable bonds is 4. The Balaban J connectivity index is 2.49. The van der Waals surface area contributed by atoms with Gasteiger partial charge in [0.25, 0.3) is 0 Å². The van der Waals surface area contributed by atoms with Crippen molar-refractivity contribution < 1.29 is 5.11 Å². The lowest BCUT2D eigenvalue weighted by atomic mass is 10.3. The molecule has 0 fully saturated rings. The highest BCUT2D eigenvalue weighted by molar-refractivity contribution is 5.34. The van der Waals surface area contributed by atoms with Crippen LogP contribution in [0.5, 0.6) is 0 Å². The van der Waals surface area contributed by atoms with E-state index in [0.29, 0.717) is 6.54 Å². The molecule has 1 aromatic rings. The number of hydrogen-bond acceptors (Lipinski definition) is 3. The van der Waals surface area contributed by atoms with E-state index in [1.807, 2.05) is 30.3 Å². The van der Waals surface area contributed by atoms with Crippen molar-refractivity contribution in [1.29, 1.82) is 0 Å². The molecule has 0 saturated heterocycles. The Kier molecular flexibility index (Phi) is 3.92. The van der Waals surface area contributed by atoms with Gasteiger partial charge in [0.15, 0.2) is 0 Å². The summed E-state index contributed by atoms with van der Waals surface area (Å²) in [6.45, 7) is 0.584. The third kappa shape index (κ3) is 3.66. The second-order valence-electron chi connectivity index (χ2n) is 2.63. The summed E-state index contributed by atoms with van der Waals surface area (Å²) < 4.78 is 0. The molecular weight excluding hydrogens is 166 g/mol. The predicted octanol–water partition coefficient (Wildman–Crippen LogP) is 1.61. The van der Waals surface area contributed by atoms with Crippen LogP contribution in [0.3, 0.4) is 0 Å². The van der Waals surface area contributed by atoms with Crippen LogP contribution in [0.1, 0.15) is 0 Å². The van der Waals surface area contributed by atoms with Crippen molar-refractivity contribution in [1.82, 2.24) is 5.01 Å². The van der Waals surface area contributed by atoms with Crippen molar-refractivity contribution >= 4 is 5.69 Å². The summed E-state index contributed by atoms with van der Waals surface area (Å²) in [5, 5.41) is 18.0. The Morgan fingerprint density at radius 2 is 2.00 bits per heavy atom.